The largest absolute Gasteiger partial charge is 0.352 e. The lowest BCUT2D eigenvalue weighted by Crippen LogP contribution is -2.26. The Labute approximate surface area is 127 Å². The highest BCUT2D eigenvalue weighted by molar-refractivity contribution is 14.1. The van der Waals surface area contributed by atoms with Crippen molar-refractivity contribution in [3.8, 4) is 0 Å². The summed E-state index contributed by atoms with van der Waals surface area (Å²) < 4.78 is 0.658. The predicted octanol–water partition coefficient (Wildman–Crippen LogP) is 1.29. The first-order valence-electron chi connectivity index (χ1n) is 5.64. The van der Waals surface area contributed by atoms with Crippen molar-refractivity contribution in [3.63, 3.8) is 0 Å². The molecule has 1 aromatic heterocycles. The zero-order valence-electron chi connectivity index (χ0n) is 10.2. The Hall–Kier alpha value is -2.04. The minimum absolute atomic E-state index is 0.106. The van der Waals surface area contributed by atoms with Crippen LogP contribution >= 0.6 is 22.6 Å². The average Bonchev–Trinajstić information content (AvgIpc) is 2.92. The van der Waals surface area contributed by atoms with E-state index in [0.29, 0.717) is 22.4 Å². The molecule has 20 heavy (non-hydrogen) atoms. The molecule has 1 heterocycles. The van der Waals surface area contributed by atoms with Gasteiger partial charge < -0.3 is 5.32 Å². The number of nitrogens with zero attached hydrogens (tertiary/aromatic N) is 3. The second kappa shape index (κ2) is 6.41. The number of nitrogens with one attached hydrogen (secondary N) is 2. The van der Waals surface area contributed by atoms with Gasteiger partial charge in [-0.05, 0) is 28.7 Å². The number of H-pyrrole nitrogens is 1. The van der Waals surface area contributed by atoms with Crippen molar-refractivity contribution in [1.29, 1.82) is 0 Å². The van der Waals surface area contributed by atoms with Crippen molar-refractivity contribution in [3.05, 3.63) is 49.6 Å². The summed E-state index contributed by atoms with van der Waals surface area (Å²) in [6, 6.07) is 4.18. The van der Waals surface area contributed by atoms with E-state index in [1.807, 2.05) is 22.6 Å². The first kappa shape index (κ1) is 14.4. The van der Waals surface area contributed by atoms with E-state index < -0.39 is 4.92 Å². The van der Waals surface area contributed by atoms with E-state index >= 15 is 0 Å². The molecule has 2 N–H and O–H groups in total. The molecule has 0 unspecified atom stereocenters. The summed E-state index contributed by atoms with van der Waals surface area (Å²) in [6.45, 7) is 0.368. The second-order valence-electron chi connectivity index (χ2n) is 3.86. The minimum Gasteiger partial charge on any atom is -0.352 e. The summed E-state index contributed by atoms with van der Waals surface area (Å²) in [5, 5.41) is 19.8. The number of nitro groups is 1. The molecule has 1 amide bonds. The predicted molar refractivity (Wildman–Crippen MR) is 78.2 cm³/mol. The second-order valence-corrected chi connectivity index (χ2v) is 5.02. The smallest absolute Gasteiger partial charge is 0.270 e. The van der Waals surface area contributed by atoms with Gasteiger partial charge in [-0.15, -0.1) is 0 Å². The number of hydrogen-bond donors (Lipinski definition) is 2. The van der Waals surface area contributed by atoms with E-state index in [0.717, 1.165) is 0 Å². The molecule has 0 aliphatic heterocycles. The van der Waals surface area contributed by atoms with Crippen molar-refractivity contribution in [1.82, 2.24) is 20.5 Å². The fourth-order valence-electron chi connectivity index (χ4n) is 1.54. The van der Waals surface area contributed by atoms with Crippen molar-refractivity contribution in [2.75, 3.05) is 6.54 Å². The Bertz CT molecular complexity index is 629. The third kappa shape index (κ3) is 3.50. The number of carbonyl (C=O) groups is 1. The molecule has 0 aliphatic rings. The van der Waals surface area contributed by atoms with Crippen LogP contribution in [-0.2, 0) is 6.42 Å². The van der Waals surface area contributed by atoms with E-state index in [1.54, 1.807) is 6.07 Å². The number of benzene rings is 1. The molecule has 8 nitrogen and oxygen atoms in total. The summed E-state index contributed by atoms with van der Waals surface area (Å²) in [6.07, 6.45) is 1.90. The van der Waals surface area contributed by atoms with Crippen LogP contribution in [0.4, 0.5) is 5.69 Å². The fourth-order valence-corrected chi connectivity index (χ4v) is 2.12. The monoisotopic (exact) mass is 387 g/mol. The van der Waals surface area contributed by atoms with Crippen LogP contribution in [0.15, 0.2) is 24.5 Å². The lowest BCUT2D eigenvalue weighted by atomic mass is 10.2. The number of hydrogen-bond acceptors (Lipinski definition) is 5. The van der Waals surface area contributed by atoms with Crippen LogP contribution in [0.2, 0.25) is 0 Å². The Balaban J connectivity index is 2.01. The van der Waals surface area contributed by atoms with Crippen molar-refractivity contribution in [2.24, 2.45) is 0 Å². The summed E-state index contributed by atoms with van der Waals surface area (Å²) >= 11 is 1.97. The zero-order valence-corrected chi connectivity index (χ0v) is 12.3. The number of aromatic nitrogens is 3. The van der Waals surface area contributed by atoms with Gasteiger partial charge in [0.05, 0.1) is 10.5 Å². The van der Waals surface area contributed by atoms with Crippen LogP contribution in [-0.4, -0.2) is 32.6 Å². The van der Waals surface area contributed by atoms with Gasteiger partial charge in [-0.1, -0.05) is 0 Å². The number of non-ortho nitro benzene ring substituents is 1. The molecule has 0 aliphatic carbocycles. The lowest BCUT2D eigenvalue weighted by molar-refractivity contribution is -0.384. The maximum absolute atomic E-state index is 12.0. The molecule has 0 bridgehead atoms. The summed E-state index contributed by atoms with van der Waals surface area (Å²) in [5.74, 6) is 0.316. The molecule has 0 saturated heterocycles. The lowest BCUT2D eigenvalue weighted by Gasteiger charge is -2.06. The fraction of sp³-hybridized carbons (Fsp3) is 0.182. The summed E-state index contributed by atoms with van der Waals surface area (Å²) in [4.78, 5) is 26.1. The maximum Gasteiger partial charge on any atom is 0.270 e. The number of carbonyl (C=O) groups excluding carboxylic acids is 1. The molecule has 0 radical (unpaired) electrons. The summed E-state index contributed by atoms with van der Waals surface area (Å²) in [7, 11) is 0. The maximum atomic E-state index is 12.0. The number of halogens is 1. The SMILES string of the molecule is O=C(NCCc1ncn[nH]1)c1cc([N+](=O)[O-])ccc1I. The van der Waals surface area contributed by atoms with E-state index in [9.17, 15) is 14.9 Å². The highest BCUT2D eigenvalue weighted by Gasteiger charge is 2.15. The Kier molecular flexibility index (Phi) is 4.61. The zero-order chi connectivity index (χ0) is 14.5. The van der Waals surface area contributed by atoms with E-state index in [2.05, 4.69) is 20.5 Å². The van der Waals surface area contributed by atoms with E-state index in [-0.39, 0.29) is 17.2 Å². The topological polar surface area (TPSA) is 114 Å². The van der Waals surface area contributed by atoms with Crippen LogP contribution in [0.3, 0.4) is 0 Å². The van der Waals surface area contributed by atoms with Crippen molar-refractivity contribution >= 4 is 34.2 Å². The van der Waals surface area contributed by atoms with Crippen LogP contribution in [0.1, 0.15) is 16.2 Å². The van der Waals surface area contributed by atoms with Gasteiger partial charge in [0.1, 0.15) is 12.2 Å². The number of aromatic amines is 1. The van der Waals surface area contributed by atoms with Crippen LogP contribution in [0.5, 0.6) is 0 Å². The third-order valence-electron chi connectivity index (χ3n) is 2.52. The first-order valence-corrected chi connectivity index (χ1v) is 6.72. The van der Waals surface area contributed by atoms with Crippen molar-refractivity contribution in [2.45, 2.75) is 6.42 Å². The summed E-state index contributed by atoms with van der Waals surface area (Å²) in [5.41, 5.74) is 0.183. The van der Waals surface area contributed by atoms with Crippen LogP contribution in [0, 0.1) is 13.7 Å². The molecule has 2 aromatic rings. The van der Waals surface area contributed by atoms with E-state index in [1.165, 1.54) is 18.5 Å². The van der Waals surface area contributed by atoms with Gasteiger partial charge in [0, 0.05) is 28.7 Å². The molecule has 0 atom stereocenters. The Morgan fingerprint density at radius 1 is 1.50 bits per heavy atom. The quantitative estimate of drug-likeness (QED) is 0.456. The van der Waals surface area contributed by atoms with Gasteiger partial charge >= 0.3 is 0 Å². The first-order chi connectivity index (χ1) is 9.58. The molecule has 1 aromatic carbocycles. The molecule has 0 saturated carbocycles. The van der Waals surface area contributed by atoms with Gasteiger partial charge in [0.15, 0.2) is 0 Å². The molecular formula is C11H10IN5O3. The number of rotatable bonds is 5. The normalized spacial score (nSPS) is 10.2. The third-order valence-corrected chi connectivity index (χ3v) is 3.46. The number of amides is 1. The Morgan fingerprint density at radius 3 is 2.95 bits per heavy atom. The average molecular weight is 387 g/mol. The van der Waals surface area contributed by atoms with Gasteiger partial charge in [-0.3, -0.25) is 20.0 Å². The van der Waals surface area contributed by atoms with Gasteiger partial charge in [-0.25, -0.2) is 4.98 Å². The van der Waals surface area contributed by atoms with Gasteiger partial charge in [0.2, 0.25) is 0 Å². The minimum atomic E-state index is -0.526. The standard InChI is InChI=1S/C11H10IN5O3/c12-9-2-1-7(17(19)20)5-8(9)11(18)13-4-3-10-14-6-15-16-10/h1-2,5-6H,3-4H2,(H,13,18)(H,14,15,16). The molecule has 104 valence electrons. The van der Waals surface area contributed by atoms with Gasteiger partial charge in [-0.2, -0.15) is 5.10 Å². The van der Waals surface area contributed by atoms with Crippen molar-refractivity contribution < 1.29 is 9.72 Å². The highest BCUT2D eigenvalue weighted by atomic mass is 127. The molecular weight excluding hydrogens is 377 g/mol. The molecule has 0 spiro atoms. The van der Waals surface area contributed by atoms with Crippen LogP contribution < -0.4 is 5.32 Å². The Morgan fingerprint density at radius 2 is 2.30 bits per heavy atom. The van der Waals surface area contributed by atoms with E-state index in [4.69, 9.17) is 0 Å². The molecule has 9 heteroatoms. The number of nitro benzene ring substituents is 1. The highest BCUT2D eigenvalue weighted by Crippen LogP contribution is 2.19. The molecule has 0 fully saturated rings. The molecule has 2 rings (SSSR count). The van der Waals surface area contributed by atoms with Gasteiger partial charge in [0.25, 0.3) is 11.6 Å². The van der Waals surface area contributed by atoms with Crippen LogP contribution in [0.25, 0.3) is 0 Å².